The first-order valence-electron chi connectivity index (χ1n) is 5.77. The quantitative estimate of drug-likeness (QED) is 0.474. The Balaban J connectivity index is 2.03. The van der Waals surface area contributed by atoms with Gasteiger partial charge in [-0.15, -0.1) is 11.3 Å². The van der Waals surface area contributed by atoms with Crippen LogP contribution in [0.25, 0.3) is 6.08 Å². The summed E-state index contributed by atoms with van der Waals surface area (Å²) in [6.07, 6.45) is 1.53. The van der Waals surface area contributed by atoms with Crippen molar-refractivity contribution in [1.29, 1.82) is 5.26 Å². The van der Waals surface area contributed by atoms with Gasteiger partial charge in [-0.25, -0.2) is 4.79 Å². The van der Waals surface area contributed by atoms with E-state index < -0.39 is 5.97 Å². The van der Waals surface area contributed by atoms with Gasteiger partial charge in [0.1, 0.15) is 18.2 Å². The maximum atomic E-state index is 11.8. The maximum Gasteiger partial charge on any atom is 0.349 e. The van der Waals surface area contributed by atoms with Crippen LogP contribution in [-0.2, 0) is 16.1 Å². The van der Waals surface area contributed by atoms with Crippen LogP contribution in [0.2, 0.25) is 0 Å². The molecule has 100 valence electrons. The number of hydrogen-bond donors (Lipinski definition) is 0. The molecule has 0 saturated carbocycles. The highest BCUT2D eigenvalue weighted by atomic mass is 79.9. The van der Waals surface area contributed by atoms with Crippen LogP contribution in [0.4, 0.5) is 0 Å². The fourth-order valence-electron chi connectivity index (χ4n) is 1.49. The van der Waals surface area contributed by atoms with E-state index >= 15 is 0 Å². The molecule has 0 bridgehead atoms. The van der Waals surface area contributed by atoms with Crippen LogP contribution < -0.4 is 0 Å². The lowest BCUT2D eigenvalue weighted by molar-refractivity contribution is -0.139. The molecule has 0 unspecified atom stereocenters. The number of benzene rings is 1. The van der Waals surface area contributed by atoms with Crippen LogP contribution in [0.5, 0.6) is 0 Å². The molecular weight excluding hydrogens is 338 g/mol. The highest BCUT2D eigenvalue weighted by molar-refractivity contribution is 9.11. The number of rotatable bonds is 4. The number of carbonyl (C=O) groups is 1. The van der Waals surface area contributed by atoms with Crippen molar-refractivity contribution in [2.24, 2.45) is 0 Å². The van der Waals surface area contributed by atoms with E-state index in [2.05, 4.69) is 15.9 Å². The number of ether oxygens (including phenoxy) is 1. The minimum absolute atomic E-state index is 0.00437. The largest absolute Gasteiger partial charge is 0.457 e. The van der Waals surface area contributed by atoms with Gasteiger partial charge in [0.2, 0.25) is 0 Å². The Kier molecular flexibility index (Phi) is 5.10. The zero-order chi connectivity index (χ0) is 14.4. The molecule has 0 atom stereocenters. The molecule has 5 heteroatoms. The smallest absolute Gasteiger partial charge is 0.349 e. The molecule has 1 heterocycles. The standard InChI is InChI=1S/C15H10BrNO2S/c16-14-7-6-13(20-14)8-12(9-17)15(18)19-10-11-4-2-1-3-5-11/h1-8H,10H2/b12-8+. The molecule has 0 N–H and O–H groups in total. The van der Waals surface area contributed by atoms with E-state index in [1.165, 1.54) is 17.4 Å². The highest BCUT2D eigenvalue weighted by Gasteiger charge is 2.11. The van der Waals surface area contributed by atoms with Gasteiger partial charge < -0.3 is 4.74 Å². The summed E-state index contributed by atoms with van der Waals surface area (Å²) in [5.41, 5.74) is 0.882. The molecule has 1 aromatic heterocycles. The van der Waals surface area contributed by atoms with E-state index in [9.17, 15) is 4.79 Å². The van der Waals surface area contributed by atoms with E-state index in [1.807, 2.05) is 48.5 Å². The van der Waals surface area contributed by atoms with Gasteiger partial charge in [-0.05, 0) is 39.7 Å². The molecule has 2 aromatic rings. The fraction of sp³-hybridized carbons (Fsp3) is 0.0667. The summed E-state index contributed by atoms with van der Waals surface area (Å²) in [5.74, 6) is -0.610. The molecule has 2 rings (SSSR count). The van der Waals surface area contributed by atoms with Crippen molar-refractivity contribution >= 4 is 39.3 Å². The molecule has 0 radical (unpaired) electrons. The third-order valence-corrected chi connectivity index (χ3v) is 4.00. The van der Waals surface area contributed by atoms with Gasteiger partial charge in [0.25, 0.3) is 0 Å². The average Bonchev–Trinajstić information content (AvgIpc) is 2.88. The molecular formula is C15H10BrNO2S. The predicted octanol–water partition coefficient (Wildman–Crippen LogP) is 4.16. The van der Waals surface area contributed by atoms with E-state index in [4.69, 9.17) is 10.00 Å². The van der Waals surface area contributed by atoms with Crippen LogP contribution >= 0.6 is 27.3 Å². The third-order valence-electron chi connectivity index (χ3n) is 2.43. The van der Waals surface area contributed by atoms with Crippen molar-refractivity contribution < 1.29 is 9.53 Å². The first-order chi connectivity index (χ1) is 9.69. The Morgan fingerprint density at radius 3 is 2.65 bits per heavy atom. The second-order valence-electron chi connectivity index (χ2n) is 3.87. The minimum atomic E-state index is -0.610. The monoisotopic (exact) mass is 347 g/mol. The lowest BCUT2D eigenvalue weighted by Gasteiger charge is -2.03. The van der Waals surface area contributed by atoms with Crippen LogP contribution in [0.3, 0.4) is 0 Å². The SMILES string of the molecule is N#C/C(=C\c1ccc(Br)s1)C(=O)OCc1ccccc1. The van der Waals surface area contributed by atoms with Crippen molar-refractivity contribution in [1.82, 2.24) is 0 Å². The first kappa shape index (κ1) is 14.5. The van der Waals surface area contributed by atoms with Crippen LogP contribution in [0.15, 0.2) is 51.8 Å². The Hall–Kier alpha value is -1.90. The number of esters is 1. The Bertz CT molecular complexity index is 671. The lowest BCUT2D eigenvalue weighted by atomic mass is 10.2. The summed E-state index contributed by atoms with van der Waals surface area (Å²) in [7, 11) is 0. The third kappa shape index (κ3) is 4.05. The summed E-state index contributed by atoms with van der Waals surface area (Å²) >= 11 is 4.78. The number of thiophene rings is 1. The number of carbonyl (C=O) groups excluding carboxylic acids is 1. The Labute approximate surface area is 129 Å². The number of nitrogens with zero attached hydrogens (tertiary/aromatic N) is 1. The van der Waals surface area contributed by atoms with Gasteiger partial charge in [0, 0.05) is 4.88 Å². The Morgan fingerprint density at radius 1 is 1.30 bits per heavy atom. The number of hydrogen-bond acceptors (Lipinski definition) is 4. The zero-order valence-corrected chi connectivity index (χ0v) is 12.8. The summed E-state index contributed by atoms with van der Waals surface area (Å²) in [5, 5.41) is 9.04. The molecule has 0 amide bonds. The van der Waals surface area contributed by atoms with Crippen molar-refractivity contribution in [3.05, 3.63) is 62.3 Å². The van der Waals surface area contributed by atoms with Crippen molar-refractivity contribution in [2.45, 2.75) is 6.61 Å². The molecule has 0 spiro atoms. The summed E-state index contributed by atoms with van der Waals surface area (Å²) in [4.78, 5) is 12.7. The van der Waals surface area contributed by atoms with Crippen LogP contribution in [0, 0.1) is 11.3 Å². The number of nitriles is 1. The van der Waals surface area contributed by atoms with Gasteiger partial charge in [-0.2, -0.15) is 5.26 Å². The van der Waals surface area contributed by atoms with E-state index in [0.717, 1.165) is 14.2 Å². The Morgan fingerprint density at radius 2 is 2.05 bits per heavy atom. The molecule has 0 saturated heterocycles. The second-order valence-corrected chi connectivity index (χ2v) is 6.37. The van der Waals surface area contributed by atoms with Gasteiger partial charge in [-0.3, -0.25) is 0 Å². The summed E-state index contributed by atoms with van der Waals surface area (Å²) in [6, 6.07) is 14.9. The van der Waals surface area contributed by atoms with Crippen molar-refractivity contribution in [2.75, 3.05) is 0 Å². The topological polar surface area (TPSA) is 50.1 Å². The fourth-order valence-corrected chi connectivity index (χ4v) is 2.85. The van der Waals surface area contributed by atoms with E-state index in [-0.39, 0.29) is 12.2 Å². The number of halogens is 1. The van der Waals surface area contributed by atoms with E-state index in [0.29, 0.717) is 0 Å². The maximum absolute atomic E-state index is 11.8. The van der Waals surface area contributed by atoms with Crippen LogP contribution in [-0.4, -0.2) is 5.97 Å². The predicted molar refractivity (Wildman–Crippen MR) is 81.8 cm³/mol. The second kappa shape index (κ2) is 7.04. The summed E-state index contributed by atoms with van der Waals surface area (Å²) < 4.78 is 6.07. The average molecular weight is 348 g/mol. The summed E-state index contributed by atoms with van der Waals surface area (Å²) in [6.45, 7) is 0.160. The molecule has 20 heavy (non-hydrogen) atoms. The molecule has 0 aliphatic rings. The normalized spacial score (nSPS) is 10.9. The van der Waals surface area contributed by atoms with Gasteiger partial charge in [-0.1, -0.05) is 30.3 Å². The van der Waals surface area contributed by atoms with Crippen molar-refractivity contribution in [3.8, 4) is 6.07 Å². The molecule has 0 fully saturated rings. The molecule has 3 nitrogen and oxygen atoms in total. The molecule has 0 aliphatic carbocycles. The minimum Gasteiger partial charge on any atom is -0.457 e. The highest BCUT2D eigenvalue weighted by Crippen LogP contribution is 2.24. The zero-order valence-electron chi connectivity index (χ0n) is 10.4. The van der Waals surface area contributed by atoms with Crippen molar-refractivity contribution in [3.63, 3.8) is 0 Å². The van der Waals surface area contributed by atoms with Gasteiger partial charge in [0.15, 0.2) is 0 Å². The van der Waals surface area contributed by atoms with E-state index in [1.54, 1.807) is 0 Å². The lowest BCUT2D eigenvalue weighted by Crippen LogP contribution is -2.06. The molecule has 0 aliphatic heterocycles. The first-order valence-corrected chi connectivity index (χ1v) is 7.38. The van der Waals surface area contributed by atoms with Gasteiger partial charge in [0.05, 0.1) is 3.79 Å². The van der Waals surface area contributed by atoms with Gasteiger partial charge >= 0.3 is 5.97 Å². The molecule has 1 aromatic carbocycles. The van der Waals surface area contributed by atoms with Crippen LogP contribution in [0.1, 0.15) is 10.4 Å².